The van der Waals surface area contributed by atoms with Gasteiger partial charge in [0.2, 0.25) is 0 Å². The zero-order chi connectivity index (χ0) is 11.8. The predicted molar refractivity (Wildman–Crippen MR) is 69.7 cm³/mol. The van der Waals surface area contributed by atoms with Crippen molar-refractivity contribution in [1.82, 2.24) is 0 Å². The molecular weight excluding hydrogens is 198 g/mol. The molecule has 1 unspecified atom stereocenters. The number of nitrogens with one attached hydrogen (secondary N) is 1. The summed E-state index contributed by atoms with van der Waals surface area (Å²) in [4.78, 5) is 0. The zero-order valence-electron chi connectivity index (χ0n) is 10.6. The average Bonchev–Trinajstić information content (AvgIpc) is 2.34. The van der Waals surface area contributed by atoms with Gasteiger partial charge in [0.05, 0.1) is 6.61 Å². The summed E-state index contributed by atoms with van der Waals surface area (Å²) in [6.07, 6.45) is 1.21. The first-order valence-corrected chi connectivity index (χ1v) is 6.17. The fourth-order valence-corrected chi connectivity index (χ4v) is 1.46. The molecule has 0 aliphatic carbocycles. The Kier molecular flexibility index (Phi) is 5.94. The summed E-state index contributed by atoms with van der Waals surface area (Å²) in [7, 11) is 0. The second kappa shape index (κ2) is 7.29. The summed E-state index contributed by atoms with van der Waals surface area (Å²) in [6, 6.07) is 8.36. The first kappa shape index (κ1) is 13.0. The van der Waals surface area contributed by atoms with Gasteiger partial charge in [-0.15, -0.1) is 0 Å². The Bertz CT molecular complexity index is 299. The fourth-order valence-electron chi connectivity index (χ4n) is 1.46. The normalized spacial score (nSPS) is 12.4. The molecule has 2 heteroatoms. The Labute approximate surface area is 99.0 Å². The summed E-state index contributed by atoms with van der Waals surface area (Å²) >= 11 is 0. The Morgan fingerprint density at radius 2 is 2.00 bits per heavy atom. The van der Waals surface area contributed by atoms with Gasteiger partial charge in [0.15, 0.2) is 0 Å². The number of para-hydroxylation sites is 1. The van der Waals surface area contributed by atoms with E-state index >= 15 is 0 Å². The lowest BCUT2D eigenvalue weighted by Gasteiger charge is -2.14. The summed E-state index contributed by atoms with van der Waals surface area (Å²) in [5.74, 6) is 0.708. The summed E-state index contributed by atoms with van der Waals surface area (Å²) in [5, 5.41) is 3.49. The molecule has 90 valence electrons. The van der Waals surface area contributed by atoms with E-state index in [9.17, 15) is 0 Å². The van der Waals surface area contributed by atoms with Gasteiger partial charge in [0.1, 0.15) is 0 Å². The molecule has 16 heavy (non-hydrogen) atoms. The highest BCUT2D eigenvalue weighted by Gasteiger charge is 2.03. The minimum Gasteiger partial charge on any atom is -0.384 e. The van der Waals surface area contributed by atoms with Crippen molar-refractivity contribution >= 4 is 5.69 Å². The van der Waals surface area contributed by atoms with E-state index in [4.69, 9.17) is 4.74 Å². The van der Waals surface area contributed by atoms with Crippen LogP contribution in [0.2, 0.25) is 0 Å². The van der Waals surface area contributed by atoms with Crippen LogP contribution in [-0.2, 0) is 11.3 Å². The van der Waals surface area contributed by atoms with Gasteiger partial charge in [-0.05, 0) is 18.9 Å². The van der Waals surface area contributed by atoms with Crippen LogP contribution in [0, 0.1) is 5.92 Å². The molecule has 0 spiro atoms. The third-order valence-electron chi connectivity index (χ3n) is 2.82. The minimum absolute atomic E-state index is 0.695. The van der Waals surface area contributed by atoms with E-state index < -0.39 is 0 Å². The first-order chi connectivity index (χ1) is 7.77. The van der Waals surface area contributed by atoms with Gasteiger partial charge < -0.3 is 10.1 Å². The van der Waals surface area contributed by atoms with Gasteiger partial charge in [-0.25, -0.2) is 0 Å². The van der Waals surface area contributed by atoms with Crippen molar-refractivity contribution in [2.45, 2.75) is 33.8 Å². The van der Waals surface area contributed by atoms with Crippen LogP contribution < -0.4 is 5.32 Å². The quantitative estimate of drug-likeness (QED) is 0.758. The van der Waals surface area contributed by atoms with Crippen molar-refractivity contribution < 1.29 is 4.74 Å². The average molecular weight is 221 g/mol. The molecule has 0 amide bonds. The van der Waals surface area contributed by atoms with Crippen LogP contribution in [0.25, 0.3) is 0 Å². The lowest BCUT2D eigenvalue weighted by molar-refractivity contribution is 0.134. The molecule has 1 N–H and O–H groups in total. The smallest absolute Gasteiger partial charge is 0.0736 e. The molecule has 0 saturated carbocycles. The van der Waals surface area contributed by atoms with E-state index in [1.54, 1.807) is 0 Å². The minimum atomic E-state index is 0.695. The number of hydrogen-bond donors (Lipinski definition) is 1. The Morgan fingerprint density at radius 1 is 1.25 bits per heavy atom. The molecule has 0 aliphatic heterocycles. The van der Waals surface area contributed by atoms with E-state index in [2.05, 4.69) is 43.4 Å². The van der Waals surface area contributed by atoms with E-state index in [1.807, 2.05) is 6.92 Å². The molecule has 0 aromatic heterocycles. The second-order valence-electron chi connectivity index (χ2n) is 4.19. The maximum Gasteiger partial charge on any atom is 0.0736 e. The van der Waals surface area contributed by atoms with Crippen LogP contribution in [-0.4, -0.2) is 13.2 Å². The van der Waals surface area contributed by atoms with Crippen molar-refractivity contribution in [3.05, 3.63) is 29.8 Å². The van der Waals surface area contributed by atoms with E-state index in [0.717, 1.165) is 13.2 Å². The molecule has 1 rings (SSSR count). The van der Waals surface area contributed by atoms with Gasteiger partial charge >= 0.3 is 0 Å². The number of benzene rings is 1. The van der Waals surface area contributed by atoms with E-state index in [-0.39, 0.29) is 0 Å². The second-order valence-corrected chi connectivity index (χ2v) is 4.19. The predicted octanol–water partition coefficient (Wildman–Crippen LogP) is 3.68. The fraction of sp³-hybridized carbons (Fsp3) is 0.571. The first-order valence-electron chi connectivity index (χ1n) is 6.17. The van der Waals surface area contributed by atoms with Crippen molar-refractivity contribution in [3.63, 3.8) is 0 Å². The molecule has 0 heterocycles. The van der Waals surface area contributed by atoms with Crippen LogP contribution in [0.5, 0.6) is 0 Å². The van der Waals surface area contributed by atoms with Crippen LogP contribution in [0.4, 0.5) is 5.69 Å². The molecule has 1 aromatic carbocycles. The highest BCUT2D eigenvalue weighted by atomic mass is 16.5. The van der Waals surface area contributed by atoms with Crippen molar-refractivity contribution in [3.8, 4) is 0 Å². The molecule has 2 nitrogen and oxygen atoms in total. The largest absolute Gasteiger partial charge is 0.384 e. The summed E-state index contributed by atoms with van der Waals surface area (Å²) in [5.41, 5.74) is 2.45. The number of rotatable bonds is 7. The molecule has 1 aromatic rings. The van der Waals surface area contributed by atoms with E-state index in [1.165, 1.54) is 17.7 Å². The molecule has 1 atom stereocenters. The molecule has 0 fully saturated rings. The number of anilines is 1. The van der Waals surface area contributed by atoms with Crippen molar-refractivity contribution in [2.24, 2.45) is 5.92 Å². The highest BCUT2D eigenvalue weighted by molar-refractivity contribution is 5.50. The van der Waals surface area contributed by atoms with Gasteiger partial charge in [0.25, 0.3) is 0 Å². The standard InChI is InChI=1S/C14H23NO/c1-4-12(3)10-15-14-9-7-6-8-13(14)11-16-5-2/h6-9,12,15H,4-5,10-11H2,1-3H3. The summed E-state index contributed by atoms with van der Waals surface area (Å²) < 4.78 is 5.45. The van der Waals surface area contributed by atoms with Crippen molar-refractivity contribution in [2.75, 3.05) is 18.5 Å². The van der Waals surface area contributed by atoms with Gasteiger partial charge in [-0.2, -0.15) is 0 Å². The summed E-state index contributed by atoms with van der Waals surface area (Å²) in [6.45, 7) is 8.99. The Balaban J connectivity index is 2.56. The van der Waals surface area contributed by atoms with Gasteiger partial charge in [-0.1, -0.05) is 38.5 Å². The molecule has 0 bridgehead atoms. The highest BCUT2D eigenvalue weighted by Crippen LogP contribution is 2.16. The third-order valence-corrected chi connectivity index (χ3v) is 2.82. The molecular formula is C14H23NO. The van der Waals surface area contributed by atoms with Gasteiger partial charge in [0, 0.05) is 24.4 Å². The van der Waals surface area contributed by atoms with Crippen LogP contribution in [0.3, 0.4) is 0 Å². The monoisotopic (exact) mass is 221 g/mol. The SMILES string of the molecule is CCOCc1ccccc1NCC(C)CC. The maximum absolute atomic E-state index is 5.45. The van der Waals surface area contributed by atoms with Gasteiger partial charge in [-0.3, -0.25) is 0 Å². The maximum atomic E-state index is 5.45. The Morgan fingerprint density at radius 3 is 2.69 bits per heavy atom. The zero-order valence-corrected chi connectivity index (χ0v) is 10.6. The van der Waals surface area contributed by atoms with Crippen LogP contribution >= 0.6 is 0 Å². The number of ether oxygens (including phenoxy) is 1. The molecule has 0 aliphatic rings. The number of hydrogen-bond acceptors (Lipinski definition) is 2. The lowest BCUT2D eigenvalue weighted by atomic mass is 10.1. The molecule has 0 radical (unpaired) electrons. The van der Waals surface area contributed by atoms with Crippen LogP contribution in [0.1, 0.15) is 32.8 Å². The van der Waals surface area contributed by atoms with E-state index in [0.29, 0.717) is 12.5 Å². The third kappa shape index (κ3) is 4.23. The molecule has 0 saturated heterocycles. The Hall–Kier alpha value is -1.02. The van der Waals surface area contributed by atoms with Crippen LogP contribution in [0.15, 0.2) is 24.3 Å². The lowest BCUT2D eigenvalue weighted by Crippen LogP contribution is -2.11. The topological polar surface area (TPSA) is 21.3 Å². The van der Waals surface area contributed by atoms with Crippen molar-refractivity contribution in [1.29, 1.82) is 0 Å².